The van der Waals surface area contributed by atoms with Gasteiger partial charge in [-0.25, -0.2) is 9.97 Å². The Labute approximate surface area is 180 Å². The Kier molecular flexibility index (Phi) is 6.01. The van der Waals surface area contributed by atoms with Gasteiger partial charge in [0.2, 0.25) is 6.35 Å². The van der Waals surface area contributed by atoms with Crippen LogP contribution >= 0.6 is 0 Å². The second kappa shape index (κ2) is 9.03. The lowest BCUT2D eigenvalue weighted by molar-refractivity contribution is 0.185. The number of aromatic nitrogens is 3. The molecule has 1 unspecified atom stereocenters. The molecule has 0 spiro atoms. The number of ether oxygens (including phenoxy) is 1. The maximum Gasteiger partial charge on any atom is 0.205 e. The van der Waals surface area contributed by atoms with Crippen LogP contribution < -0.4 is 15.0 Å². The minimum absolute atomic E-state index is 0.103. The van der Waals surface area contributed by atoms with E-state index in [0.29, 0.717) is 5.75 Å². The molecule has 4 aromatic rings. The van der Waals surface area contributed by atoms with Crippen LogP contribution in [0.2, 0.25) is 0 Å². The number of fused-ring (bicyclic) bond motifs is 1. The minimum atomic E-state index is -1.04. The Morgan fingerprint density at radius 3 is 2.71 bits per heavy atom. The van der Waals surface area contributed by atoms with Gasteiger partial charge in [0.1, 0.15) is 17.7 Å². The maximum atomic E-state index is 10.8. The summed E-state index contributed by atoms with van der Waals surface area (Å²) < 4.78 is 5.27. The highest BCUT2D eigenvalue weighted by Gasteiger charge is 2.17. The first-order chi connectivity index (χ1) is 15.1. The minimum Gasteiger partial charge on any atom is -0.497 e. The van der Waals surface area contributed by atoms with Gasteiger partial charge in [-0.3, -0.25) is 0 Å². The van der Waals surface area contributed by atoms with Crippen LogP contribution in [0.1, 0.15) is 5.56 Å². The number of anilines is 2. The van der Waals surface area contributed by atoms with Gasteiger partial charge in [0, 0.05) is 41.1 Å². The van der Waals surface area contributed by atoms with Crippen molar-refractivity contribution >= 4 is 22.4 Å². The van der Waals surface area contributed by atoms with Crippen molar-refractivity contribution in [3.8, 4) is 17.0 Å². The van der Waals surface area contributed by atoms with Crippen molar-refractivity contribution in [3.63, 3.8) is 0 Å². The molecule has 0 amide bonds. The number of methoxy groups -OCH3 is 1. The fraction of sp³-hybridized carbons (Fsp3) is 0.217. The Hall–Kier alpha value is -3.62. The summed E-state index contributed by atoms with van der Waals surface area (Å²) in [6, 6.07) is 15.0. The highest BCUT2D eigenvalue weighted by atomic mass is 16.5. The van der Waals surface area contributed by atoms with E-state index in [9.17, 15) is 10.2 Å². The normalized spacial score (nSPS) is 12.0. The highest BCUT2D eigenvalue weighted by molar-refractivity contribution is 5.93. The molecule has 0 aliphatic heterocycles. The Balaban J connectivity index is 1.55. The third-order valence-electron chi connectivity index (χ3n) is 5.14. The van der Waals surface area contributed by atoms with Gasteiger partial charge in [0.25, 0.3) is 0 Å². The van der Waals surface area contributed by atoms with E-state index in [1.807, 2.05) is 61.7 Å². The van der Waals surface area contributed by atoms with E-state index in [4.69, 9.17) is 4.74 Å². The van der Waals surface area contributed by atoms with Crippen LogP contribution in [0.25, 0.3) is 22.3 Å². The fourth-order valence-corrected chi connectivity index (χ4v) is 3.58. The number of aliphatic hydroxyl groups is 2. The molecule has 0 aliphatic carbocycles. The van der Waals surface area contributed by atoms with E-state index in [2.05, 4.69) is 20.3 Å². The summed E-state index contributed by atoms with van der Waals surface area (Å²) in [5.41, 5.74) is 5.16. The van der Waals surface area contributed by atoms with Crippen molar-refractivity contribution in [2.75, 3.05) is 30.5 Å². The van der Waals surface area contributed by atoms with Crippen LogP contribution in [-0.4, -0.2) is 51.8 Å². The van der Waals surface area contributed by atoms with Gasteiger partial charge in [0.05, 0.1) is 19.4 Å². The molecule has 4 N–H and O–H groups in total. The zero-order valence-electron chi connectivity index (χ0n) is 17.4. The lowest BCUT2D eigenvalue weighted by Gasteiger charge is -2.30. The number of aliphatic hydroxyl groups excluding tert-OH is 2. The van der Waals surface area contributed by atoms with Gasteiger partial charge in [-0.05, 0) is 36.8 Å². The summed E-state index contributed by atoms with van der Waals surface area (Å²) in [5.74, 6) is 0.674. The molecule has 8 heteroatoms. The topological polar surface area (TPSA) is 107 Å². The molecular formula is C23H25N5O3. The molecule has 8 nitrogen and oxygen atoms in total. The van der Waals surface area contributed by atoms with Crippen molar-refractivity contribution in [2.24, 2.45) is 0 Å². The molecule has 4 rings (SSSR count). The number of H-pyrrole nitrogens is 1. The Bertz CT molecular complexity index is 1160. The number of hydrogen-bond acceptors (Lipinski definition) is 7. The molecule has 0 fully saturated rings. The lowest BCUT2D eigenvalue weighted by atomic mass is 10.1. The second-order valence-electron chi connectivity index (χ2n) is 7.13. The predicted molar refractivity (Wildman–Crippen MR) is 121 cm³/mol. The van der Waals surface area contributed by atoms with Gasteiger partial charge >= 0.3 is 0 Å². The molecule has 1 atom stereocenters. The average Bonchev–Trinajstić information content (AvgIpc) is 3.19. The summed E-state index contributed by atoms with van der Waals surface area (Å²) in [5, 5.41) is 24.3. The summed E-state index contributed by atoms with van der Waals surface area (Å²) in [4.78, 5) is 13.5. The quantitative estimate of drug-likeness (QED) is 0.325. The molecule has 0 bridgehead atoms. The second-order valence-corrected chi connectivity index (χ2v) is 7.13. The maximum absolute atomic E-state index is 10.8. The molecule has 0 saturated carbocycles. The first kappa shape index (κ1) is 20.6. The van der Waals surface area contributed by atoms with E-state index < -0.39 is 6.35 Å². The fourth-order valence-electron chi connectivity index (χ4n) is 3.58. The van der Waals surface area contributed by atoms with Crippen LogP contribution in [0.3, 0.4) is 0 Å². The summed E-state index contributed by atoms with van der Waals surface area (Å²) in [7, 11) is 1.59. The molecule has 2 heterocycles. The largest absolute Gasteiger partial charge is 0.497 e. The zero-order valence-corrected chi connectivity index (χ0v) is 17.4. The van der Waals surface area contributed by atoms with Gasteiger partial charge in [-0.2, -0.15) is 0 Å². The number of benzene rings is 2. The summed E-state index contributed by atoms with van der Waals surface area (Å²) in [6.07, 6.45) is 2.43. The number of aryl methyl sites for hydroxylation is 1. The number of rotatable bonds is 8. The number of nitrogens with zero attached hydrogens (tertiary/aromatic N) is 3. The van der Waals surface area contributed by atoms with Crippen LogP contribution in [-0.2, 0) is 0 Å². The van der Waals surface area contributed by atoms with E-state index in [1.54, 1.807) is 18.3 Å². The zero-order chi connectivity index (χ0) is 21.8. The van der Waals surface area contributed by atoms with Crippen molar-refractivity contribution in [2.45, 2.75) is 13.3 Å². The summed E-state index contributed by atoms with van der Waals surface area (Å²) in [6.45, 7) is 2.17. The van der Waals surface area contributed by atoms with Crippen molar-refractivity contribution in [3.05, 3.63) is 66.6 Å². The molecule has 0 aliphatic rings. The van der Waals surface area contributed by atoms with Gasteiger partial charge < -0.3 is 30.2 Å². The SMILES string of the molecule is COc1cccc(N(CCO)C(O)Nc2ccc(-c3ncnc4[nH]cc(C)c34)cc2)c1. The van der Waals surface area contributed by atoms with Crippen LogP contribution in [0.15, 0.2) is 61.1 Å². The average molecular weight is 419 g/mol. The van der Waals surface area contributed by atoms with E-state index in [0.717, 1.165) is 39.2 Å². The highest BCUT2D eigenvalue weighted by Crippen LogP contribution is 2.29. The van der Waals surface area contributed by atoms with Crippen LogP contribution in [0, 0.1) is 6.92 Å². The number of hydrogen-bond donors (Lipinski definition) is 4. The molecule has 160 valence electrons. The van der Waals surface area contributed by atoms with Crippen molar-refractivity contribution in [1.29, 1.82) is 0 Å². The first-order valence-corrected chi connectivity index (χ1v) is 9.96. The molecule has 31 heavy (non-hydrogen) atoms. The van der Waals surface area contributed by atoms with Crippen LogP contribution in [0.4, 0.5) is 11.4 Å². The molecule has 0 radical (unpaired) electrons. The lowest BCUT2D eigenvalue weighted by Crippen LogP contribution is -2.42. The van der Waals surface area contributed by atoms with Crippen LogP contribution in [0.5, 0.6) is 5.75 Å². The monoisotopic (exact) mass is 419 g/mol. The van der Waals surface area contributed by atoms with E-state index >= 15 is 0 Å². The Morgan fingerprint density at radius 1 is 1.16 bits per heavy atom. The van der Waals surface area contributed by atoms with Gasteiger partial charge in [-0.1, -0.05) is 18.2 Å². The molecule has 0 saturated heterocycles. The third-order valence-corrected chi connectivity index (χ3v) is 5.14. The molecule has 2 aromatic carbocycles. The third kappa shape index (κ3) is 4.30. The smallest absolute Gasteiger partial charge is 0.205 e. The first-order valence-electron chi connectivity index (χ1n) is 9.96. The van der Waals surface area contributed by atoms with Crippen molar-refractivity contribution < 1.29 is 14.9 Å². The molecule has 2 aromatic heterocycles. The van der Waals surface area contributed by atoms with E-state index in [1.165, 1.54) is 0 Å². The van der Waals surface area contributed by atoms with E-state index in [-0.39, 0.29) is 13.2 Å². The standard InChI is InChI=1S/C23H25N5O3/c1-15-13-24-22-20(15)21(25-14-26-22)16-6-8-17(9-7-16)27-23(30)28(10-11-29)18-4-3-5-19(12-18)31-2/h3-9,12-14,23,27,29-30H,10-11H2,1-2H3,(H,24,25,26). The van der Waals surface area contributed by atoms with Crippen molar-refractivity contribution in [1.82, 2.24) is 15.0 Å². The predicted octanol–water partition coefficient (Wildman–Crippen LogP) is 3.13. The summed E-state index contributed by atoms with van der Waals surface area (Å²) >= 11 is 0. The van der Waals surface area contributed by atoms with Gasteiger partial charge in [0.15, 0.2) is 0 Å². The molecular weight excluding hydrogens is 394 g/mol. The number of aromatic amines is 1. The number of nitrogens with one attached hydrogen (secondary N) is 2. The van der Waals surface area contributed by atoms with Gasteiger partial charge in [-0.15, -0.1) is 0 Å². The Morgan fingerprint density at radius 2 is 1.97 bits per heavy atom.